The van der Waals surface area contributed by atoms with Crippen LogP contribution in [0.2, 0.25) is 0 Å². The van der Waals surface area contributed by atoms with Crippen molar-refractivity contribution in [3.05, 3.63) is 17.6 Å². The van der Waals surface area contributed by atoms with Crippen molar-refractivity contribution in [1.82, 2.24) is 15.3 Å². The highest BCUT2D eigenvalue weighted by atomic mass is 16.5. The molecule has 1 aromatic heterocycles. The lowest BCUT2D eigenvalue weighted by molar-refractivity contribution is -0.118. The Morgan fingerprint density at radius 1 is 1.47 bits per heavy atom. The Morgan fingerprint density at radius 2 is 2.32 bits per heavy atom. The summed E-state index contributed by atoms with van der Waals surface area (Å²) in [6.07, 6.45) is 1.02. The molecule has 1 aliphatic rings. The average molecular weight is 264 g/mol. The van der Waals surface area contributed by atoms with Gasteiger partial charge < -0.3 is 15.4 Å². The zero-order valence-corrected chi connectivity index (χ0v) is 11.4. The van der Waals surface area contributed by atoms with Crippen LogP contribution in [0.1, 0.15) is 30.8 Å². The molecule has 1 amide bonds. The number of hydrogen-bond acceptors (Lipinski definition) is 5. The first-order chi connectivity index (χ1) is 9.15. The van der Waals surface area contributed by atoms with Gasteiger partial charge in [-0.3, -0.25) is 4.79 Å². The van der Waals surface area contributed by atoms with E-state index in [0.29, 0.717) is 19.0 Å². The number of nitrogens with one attached hydrogen (secondary N) is 2. The molecule has 1 saturated heterocycles. The maximum absolute atomic E-state index is 10.8. The van der Waals surface area contributed by atoms with E-state index in [4.69, 9.17) is 4.74 Å². The number of ether oxygens (including phenoxy) is 1. The lowest BCUT2D eigenvalue weighted by Gasteiger charge is -2.11. The van der Waals surface area contributed by atoms with E-state index in [1.807, 2.05) is 13.0 Å². The fourth-order valence-electron chi connectivity index (χ4n) is 2.09. The van der Waals surface area contributed by atoms with E-state index >= 15 is 0 Å². The van der Waals surface area contributed by atoms with E-state index < -0.39 is 0 Å². The summed E-state index contributed by atoms with van der Waals surface area (Å²) in [5, 5.41) is 5.93. The summed E-state index contributed by atoms with van der Waals surface area (Å²) in [6.45, 7) is 6.17. The van der Waals surface area contributed by atoms with Gasteiger partial charge in [-0.05, 0) is 13.3 Å². The van der Waals surface area contributed by atoms with Crippen molar-refractivity contribution in [3.8, 4) is 0 Å². The molecule has 1 aliphatic heterocycles. The number of hydrogen-bond donors (Lipinski definition) is 2. The van der Waals surface area contributed by atoms with Crippen LogP contribution in [0.5, 0.6) is 0 Å². The molecule has 0 bridgehead atoms. The zero-order chi connectivity index (χ0) is 13.7. The summed E-state index contributed by atoms with van der Waals surface area (Å²) in [7, 11) is 0. The second-order valence-electron chi connectivity index (χ2n) is 4.70. The van der Waals surface area contributed by atoms with E-state index in [2.05, 4.69) is 20.6 Å². The van der Waals surface area contributed by atoms with Crippen LogP contribution >= 0.6 is 0 Å². The second kappa shape index (κ2) is 6.47. The molecule has 1 fully saturated rings. The van der Waals surface area contributed by atoms with Crippen LogP contribution in [-0.4, -0.2) is 42.2 Å². The summed E-state index contributed by atoms with van der Waals surface area (Å²) in [5.41, 5.74) is 1.03. The van der Waals surface area contributed by atoms with E-state index in [0.717, 1.165) is 37.0 Å². The standard InChI is InChI=1S/C13H20N4O2/c1-9-16-12(11-3-6-19-8-11)7-13(17-9)15-5-4-14-10(2)18/h7,11H,3-6,8H2,1-2H3,(H,14,18)(H,15,16,17)/t11-/m0/s1. The minimum Gasteiger partial charge on any atom is -0.381 e. The van der Waals surface area contributed by atoms with Crippen LogP contribution in [0.4, 0.5) is 5.82 Å². The first kappa shape index (κ1) is 13.7. The van der Waals surface area contributed by atoms with Crippen LogP contribution in [0.15, 0.2) is 6.07 Å². The molecule has 6 nitrogen and oxygen atoms in total. The molecule has 0 aromatic carbocycles. The summed E-state index contributed by atoms with van der Waals surface area (Å²) in [4.78, 5) is 19.6. The summed E-state index contributed by atoms with van der Waals surface area (Å²) in [6, 6.07) is 1.97. The van der Waals surface area contributed by atoms with Crippen molar-refractivity contribution in [2.75, 3.05) is 31.6 Å². The monoisotopic (exact) mass is 264 g/mol. The van der Waals surface area contributed by atoms with Gasteiger partial charge in [-0.15, -0.1) is 0 Å². The Bertz CT molecular complexity index is 444. The molecule has 1 aromatic rings. The summed E-state index contributed by atoms with van der Waals surface area (Å²) < 4.78 is 5.39. The minimum absolute atomic E-state index is 0.0236. The number of aromatic nitrogens is 2. The number of amides is 1. The molecule has 0 spiro atoms. The molecule has 2 heterocycles. The number of nitrogens with zero attached hydrogens (tertiary/aromatic N) is 2. The van der Waals surface area contributed by atoms with Crippen LogP contribution < -0.4 is 10.6 Å². The Balaban J connectivity index is 1.94. The number of rotatable bonds is 5. The minimum atomic E-state index is -0.0236. The Kier molecular flexibility index (Phi) is 4.68. The van der Waals surface area contributed by atoms with Gasteiger partial charge >= 0.3 is 0 Å². The Labute approximate surface area is 113 Å². The smallest absolute Gasteiger partial charge is 0.216 e. The topological polar surface area (TPSA) is 76.1 Å². The quantitative estimate of drug-likeness (QED) is 0.771. The average Bonchev–Trinajstić information content (AvgIpc) is 2.87. The maximum Gasteiger partial charge on any atom is 0.216 e. The molecular weight excluding hydrogens is 244 g/mol. The largest absolute Gasteiger partial charge is 0.381 e. The molecule has 2 rings (SSSR count). The lowest BCUT2D eigenvalue weighted by Crippen LogP contribution is -2.26. The van der Waals surface area contributed by atoms with Crippen LogP contribution in [0.25, 0.3) is 0 Å². The van der Waals surface area contributed by atoms with Crippen molar-refractivity contribution in [2.24, 2.45) is 0 Å². The third-order valence-corrected chi connectivity index (χ3v) is 3.01. The van der Waals surface area contributed by atoms with Gasteiger partial charge in [-0.25, -0.2) is 9.97 Å². The van der Waals surface area contributed by atoms with E-state index in [9.17, 15) is 4.79 Å². The molecule has 19 heavy (non-hydrogen) atoms. The maximum atomic E-state index is 10.8. The van der Waals surface area contributed by atoms with Gasteiger partial charge in [0.25, 0.3) is 0 Å². The number of anilines is 1. The van der Waals surface area contributed by atoms with Gasteiger partial charge in [0.1, 0.15) is 11.6 Å². The fourth-order valence-corrected chi connectivity index (χ4v) is 2.09. The third kappa shape index (κ3) is 4.17. The van der Waals surface area contributed by atoms with E-state index in [1.54, 1.807) is 0 Å². The van der Waals surface area contributed by atoms with Gasteiger partial charge in [-0.1, -0.05) is 0 Å². The summed E-state index contributed by atoms with van der Waals surface area (Å²) >= 11 is 0. The Morgan fingerprint density at radius 3 is 3.00 bits per heavy atom. The predicted molar refractivity (Wildman–Crippen MR) is 72.1 cm³/mol. The van der Waals surface area contributed by atoms with Gasteiger partial charge in [0.05, 0.1) is 12.3 Å². The van der Waals surface area contributed by atoms with Crippen molar-refractivity contribution in [1.29, 1.82) is 0 Å². The molecule has 104 valence electrons. The van der Waals surface area contributed by atoms with Crippen molar-refractivity contribution < 1.29 is 9.53 Å². The molecular formula is C13H20N4O2. The van der Waals surface area contributed by atoms with E-state index in [-0.39, 0.29) is 5.91 Å². The first-order valence-electron chi connectivity index (χ1n) is 6.57. The SMILES string of the molecule is CC(=O)NCCNc1cc([C@H]2CCOC2)nc(C)n1. The van der Waals surface area contributed by atoms with Gasteiger partial charge in [0.2, 0.25) is 5.91 Å². The molecule has 1 atom stereocenters. The highest BCUT2D eigenvalue weighted by Crippen LogP contribution is 2.24. The molecule has 0 aliphatic carbocycles. The second-order valence-corrected chi connectivity index (χ2v) is 4.70. The fraction of sp³-hybridized carbons (Fsp3) is 0.615. The molecule has 0 unspecified atom stereocenters. The normalized spacial score (nSPS) is 18.3. The number of aryl methyl sites for hydroxylation is 1. The van der Waals surface area contributed by atoms with Crippen LogP contribution in [0, 0.1) is 6.92 Å². The van der Waals surface area contributed by atoms with Crippen LogP contribution in [0.3, 0.4) is 0 Å². The van der Waals surface area contributed by atoms with Crippen molar-refractivity contribution >= 4 is 11.7 Å². The van der Waals surface area contributed by atoms with Crippen molar-refractivity contribution in [2.45, 2.75) is 26.2 Å². The number of carbonyl (C=O) groups excluding carboxylic acids is 1. The first-order valence-corrected chi connectivity index (χ1v) is 6.57. The van der Waals surface area contributed by atoms with Crippen LogP contribution in [-0.2, 0) is 9.53 Å². The molecule has 2 N–H and O–H groups in total. The predicted octanol–water partition coefficient (Wildman–Crippen LogP) is 0.837. The van der Waals surface area contributed by atoms with Crippen molar-refractivity contribution in [3.63, 3.8) is 0 Å². The molecule has 6 heteroatoms. The van der Waals surface area contributed by atoms with Gasteiger partial charge in [0, 0.05) is 38.6 Å². The van der Waals surface area contributed by atoms with Gasteiger partial charge in [-0.2, -0.15) is 0 Å². The summed E-state index contributed by atoms with van der Waals surface area (Å²) in [5.74, 6) is 1.91. The third-order valence-electron chi connectivity index (χ3n) is 3.01. The highest BCUT2D eigenvalue weighted by molar-refractivity contribution is 5.72. The lowest BCUT2D eigenvalue weighted by atomic mass is 10.0. The van der Waals surface area contributed by atoms with Gasteiger partial charge in [0.15, 0.2) is 0 Å². The highest BCUT2D eigenvalue weighted by Gasteiger charge is 2.20. The number of carbonyl (C=O) groups is 1. The molecule has 0 radical (unpaired) electrons. The Hall–Kier alpha value is -1.69. The zero-order valence-electron chi connectivity index (χ0n) is 11.4. The van der Waals surface area contributed by atoms with E-state index in [1.165, 1.54) is 6.92 Å². The molecule has 0 saturated carbocycles.